The molecule has 20 heavy (non-hydrogen) atoms. The third kappa shape index (κ3) is 3.55. The fourth-order valence-corrected chi connectivity index (χ4v) is 3.84. The van der Waals surface area contributed by atoms with Crippen LogP contribution in [0.5, 0.6) is 0 Å². The number of ether oxygens (including phenoxy) is 1. The topological polar surface area (TPSA) is 24.5 Å². The number of rotatable bonds is 3. The zero-order valence-electron chi connectivity index (χ0n) is 14.2. The number of methoxy groups -OCH3 is 1. The molecule has 1 heterocycles. The predicted octanol–water partition coefficient (Wildman–Crippen LogP) is 3.04. The van der Waals surface area contributed by atoms with Crippen molar-refractivity contribution in [2.75, 3.05) is 26.7 Å². The fraction of sp³-hybridized carbons (Fsp3) is 1.00. The van der Waals surface area contributed by atoms with Crippen molar-refractivity contribution >= 4 is 0 Å². The summed E-state index contributed by atoms with van der Waals surface area (Å²) in [5.74, 6) is 0. The number of nitrogens with one attached hydrogen (secondary N) is 1. The van der Waals surface area contributed by atoms with Crippen LogP contribution >= 0.6 is 0 Å². The highest BCUT2D eigenvalue weighted by molar-refractivity contribution is 5.03. The summed E-state index contributed by atoms with van der Waals surface area (Å²) in [7, 11) is 1.83. The first kappa shape index (κ1) is 16.3. The monoisotopic (exact) mass is 282 g/mol. The maximum atomic E-state index is 5.55. The van der Waals surface area contributed by atoms with Crippen LogP contribution in [0, 0.1) is 5.41 Å². The van der Waals surface area contributed by atoms with Crippen LogP contribution in [0.3, 0.4) is 0 Å². The first-order chi connectivity index (χ1) is 9.37. The van der Waals surface area contributed by atoms with E-state index in [2.05, 4.69) is 37.9 Å². The van der Waals surface area contributed by atoms with Gasteiger partial charge in [-0.2, -0.15) is 0 Å². The summed E-state index contributed by atoms with van der Waals surface area (Å²) in [5, 5.41) is 3.86. The maximum absolute atomic E-state index is 5.55. The van der Waals surface area contributed by atoms with Crippen molar-refractivity contribution in [3.63, 3.8) is 0 Å². The first-order valence-electron chi connectivity index (χ1n) is 8.39. The van der Waals surface area contributed by atoms with Crippen LogP contribution in [0.1, 0.15) is 59.8 Å². The van der Waals surface area contributed by atoms with Crippen molar-refractivity contribution in [3.8, 4) is 0 Å². The highest BCUT2D eigenvalue weighted by Gasteiger charge is 2.44. The molecule has 1 N–H and O–H groups in total. The standard InChI is InChI=1S/C17H34N2O/c1-14(20-5)11-19-12-15(16(2,3)4)18-13-17(19)9-7-6-8-10-17/h14-15,18H,6-13H2,1-5H3. The molecule has 3 heteroatoms. The number of hydrogen-bond donors (Lipinski definition) is 1. The number of hydrogen-bond acceptors (Lipinski definition) is 3. The zero-order valence-corrected chi connectivity index (χ0v) is 14.2. The second kappa shape index (κ2) is 6.33. The van der Waals surface area contributed by atoms with Crippen LogP contribution in [-0.4, -0.2) is 49.3 Å². The van der Waals surface area contributed by atoms with Gasteiger partial charge in [-0.25, -0.2) is 0 Å². The van der Waals surface area contributed by atoms with Crippen LogP contribution in [-0.2, 0) is 4.74 Å². The fourth-order valence-electron chi connectivity index (χ4n) is 3.84. The molecule has 2 fully saturated rings. The van der Waals surface area contributed by atoms with E-state index in [4.69, 9.17) is 4.74 Å². The molecule has 1 aliphatic carbocycles. The molecular formula is C17H34N2O. The minimum absolute atomic E-state index is 0.324. The first-order valence-corrected chi connectivity index (χ1v) is 8.39. The minimum Gasteiger partial charge on any atom is -0.380 e. The van der Waals surface area contributed by atoms with Gasteiger partial charge in [-0.3, -0.25) is 4.90 Å². The van der Waals surface area contributed by atoms with Crippen molar-refractivity contribution in [1.29, 1.82) is 0 Å². The van der Waals surface area contributed by atoms with Gasteiger partial charge >= 0.3 is 0 Å². The molecule has 3 nitrogen and oxygen atoms in total. The third-order valence-corrected chi connectivity index (χ3v) is 5.46. The lowest BCUT2D eigenvalue weighted by Crippen LogP contribution is -2.68. The van der Waals surface area contributed by atoms with Gasteiger partial charge < -0.3 is 10.1 Å². The zero-order chi connectivity index (χ0) is 14.8. The molecule has 2 rings (SSSR count). The van der Waals surface area contributed by atoms with Crippen LogP contribution in [0.4, 0.5) is 0 Å². The minimum atomic E-state index is 0.324. The largest absolute Gasteiger partial charge is 0.380 e. The Morgan fingerprint density at radius 3 is 2.45 bits per heavy atom. The summed E-state index contributed by atoms with van der Waals surface area (Å²) < 4.78 is 5.55. The van der Waals surface area contributed by atoms with Crippen LogP contribution in [0.15, 0.2) is 0 Å². The number of piperazine rings is 1. The molecule has 1 saturated carbocycles. The van der Waals surface area contributed by atoms with E-state index in [9.17, 15) is 0 Å². The van der Waals surface area contributed by atoms with Gasteiger partial charge in [0.15, 0.2) is 0 Å². The molecule has 2 aliphatic rings. The molecule has 0 aromatic carbocycles. The van der Waals surface area contributed by atoms with Gasteiger partial charge in [-0.1, -0.05) is 40.0 Å². The smallest absolute Gasteiger partial charge is 0.0670 e. The number of nitrogens with zero attached hydrogens (tertiary/aromatic N) is 1. The molecule has 0 aromatic rings. The summed E-state index contributed by atoms with van der Waals surface area (Å²) in [6.07, 6.45) is 7.23. The van der Waals surface area contributed by atoms with Gasteiger partial charge in [0, 0.05) is 38.3 Å². The van der Waals surface area contributed by atoms with Crippen molar-refractivity contribution in [2.45, 2.75) is 77.5 Å². The molecule has 0 amide bonds. The summed E-state index contributed by atoms with van der Waals surface area (Å²) in [4.78, 5) is 2.76. The molecule has 1 spiro atoms. The maximum Gasteiger partial charge on any atom is 0.0670 e. The SMILES string of the molecule is COC(C)CN1CC(C(C)(C)C)NCC12CCCCC2. The van der Waals surface area contributed by atoms with Gasteiger partial charge in [0.1, 0.15) is 0 Å². The lowest BCUT2D eigenvalue weighted by atomic mass is 9.75. The van der Waals surface area contributed by atoms with E-state index in [-0.39, 0.29) is 0 Å². The van der Waals surface area contributed by atoms with Crippen molar-refractivity contribution < 1.29 is 4.74 Å². The molecule has 2 atom stereocenters. The van der Waals surface area contributed by atoms with E-state index in [1.807, 2.05) is 7.11 Å². The molecule has 1 aliphatic heterocycles. The molecule has 0 aromatic heterocycles. The van der Waals surface area contributed by atoms with E-state index < -0.39 is 0 Å². The molecule has 2 unspecified atom stereocenters. The normalized spacial score (nSPS) is 29.6. The Labute approximate surface area is 125 Å². The van der Waals surface area contributed by atoms with Gasteiger partial charge in [-0.15, -0.1) is 0 Å². The van der Waals surface area contributed by atoms with Crippen LogP contribution in [0.25, 0.3) is 0 Å². The Hall–Kier alpha value is -0.120. The van der Waals surface area contributed by atoms with E-state index in [0.29, 0.717) is 23.1 Å². The summed E-state index contributed by atoms with van der Waals surface area (Å²) >= 11 is 0. The van der Waals surface area contributed by atoms with Crippen molar-refractivity contribution in [1.82, 2.24) is 10.2 Å². The summed E-state index contributed by atoms with van der Waals surface area (Å²) in [6.45, 7) is 12.6. The van der Waals surface area contributed by atoms with Crippen molar-refractivity contribution in [2.24, 2.45) is 5.41 Å². The summed E-state index contributed by atoms with van der Waals surface area (Å²) in [6, 6.07) is 0.583. The van der Waals surface area contributed by atoms with Crippen LogP contribution < -0.4 is 5.32 Å². The Kier molecular flexibility index (Phi) is 5.14. The third-order valence-electron chi connectivity index (χ3n) is 5.46. The second-order valence-electron chi connectivity index (χ2n) is 8.04. The van der Waals surface area contributed by atoms with Gasteiger partial charge in [0.2, 0.25) is 0 Å². The van der Waals surface area contributed by atoms with Gasteiger partial charge in [-0.05, 0) is 25.2 Å². The van der Waals surface area contributed by atoms with Gasteiger partial charge in [0.05, 0.1) is 6.10 Å². The second-order valence-corrected chi connectivity index (χ2v) is 8.04. The molecule has 1 saturated heterocycles. The Morgan fingerprint density at radius 1 is 1.25 bits per heavy atom. The lowest BCUT2D eigenvalue weighted by molar-refractivity contribution is -0.0395. The summed E-state index contributed by atoms with van der Waals surface area (Å²) in [5.41, 5.74) is 0.720. The average molecular weight is 282 g/mol. The van der Waals surface area contributed by atoms with E-state index in [1.54, 1.807) is 0 Å². The van der Waals surface area contributed by atoms with E-state index >= 15 is 0 Å². The highest BCUT2D eigenvalue weighted by Crippen LogP contribution is 2.37. The Morgan fingerprint density at radius 2 is 1.90 bits per heavy atom. The lowest BCUT2D eigenvalue weighted by Gasteiger charge is -2.54. The Balaban J connectivity index is 2.11. The molecule has 0 bridgehead atoms. The van der Waals surface area contributed by atoms with E-state index in [0.717, 1.165) is 19.6 Å². The Bertz CT molecular complexity index is 305. The highest BCUT2D eigenvalue weighted by atomic mass is 16.5. The van der Waals surface area contributed by atoms with Gasteiger partial charge in [0.25, 0.3) is 0 Å². The van der Waals surface area contributed by atoms with Crippen molar-refractivity contribution in [3.05, 3.63) is 0 Å². The molecule has 0 radical (unpaired) electrons. The van der Waals surface area contributed by atoms with E-state index in [1.165, 1.54) is 32.1 Å². The van der Waals surface area contributed by atoms with Crippen LogP contribution in [0.2, 0.25) is 0 Å². The predicted molar refractivity (Wildman–Crippen MR) is 85.1 cm³/mol. The molecular weight excluding hydrogens is 248 g/mol. The molecule has 118 valence electrons. The average Bonchev–Trinajstić information content (AvgIpc) is 2.41. The quantitative estimate of drug-likeness (QED) is 0.861.